The summed E-state index contributed by atoms with van der Waals surface area (Å²) in [6.45, 7) is 6.82. The van der Waals surface area contributed by atoms with Crippen molar-refractivity contribution < 1.29 is 14.0 Å². The molecule has 2 amide bonds. The Morgan fingerprint density at radius 3 is 2.44 bits per heavy atom. The van der Waals surface area contributed by atoms with E-state index in [2.05, 4.69) is 55.7 Å². The average Bonchev–Trinajstić information content (AvgIpc) is 3.19. The second-order valence-electron chi connectivity index (χ2n) is 7.12. The van der Waals surface area contributed by atoms with Crippen LogP contribution in [0.4, 0.5) is 0 Å². The number of furan rings is 1. The molecule has 146 valence electrons. The largest absolute Gasteiger partial charge is 0.459 e. The molecule has 1 heterocycles. The molecule has 0 aliphatic heterocycles. The van der Waals surface area contributed by atoms with Crippen molar-refractivity contribution in [1.29, 1.82) is 0 Å². The molecule has 0 saturated heterocycles. The van der Waals surface area contributed by atoms with Crippen molar-refractivity contribution in [2.45, 2.75) is 52.5 Å². The Morgan fingerprint density at radius 2 is 1.85 bits per heavy atom. The second-order valence-corrected chi connectivity index (χ2v) is 7.12. The zero-order chi connectivity index (χ0) is 19.6. The summed E-state index contributed by atoms with van der Waals surface area (Å²) in [4.78, 5) is 24.1. The number of nitrogens with one attached hydrogen (secondary N) is 2. The minimum Gasteiger partial charge on any atom is -0.459 e. The van der Waals surface area contributed by atoms with Crippen molar-refractivity contribution in [2.75, 3.05) is 6.54 Å². The van der Waals surface area contributed by atoms with E-state index in [-0.39, 0.29) is 23.6 Å². The van der Waals surface area contributed by atoms with Crippen molar-refractivity contribution in [3.05, 3.63) is 59.5 Å². The van der Waals surface area contributed by atoms with Crippen molar-refractivity contribution in [2.24, 2.45) is 5.92 Å². The molecular weight excluding hydrogens is 340 g/mol. The van der Waals surface area contributed by atoms with Gasteiger partial charge in [0, 0.05) is 13.0 Å². The Morgan fingerprint density at radius 1 is 1.11 bits per heavy atom. The van der Waals surface area contributed by atoms with Gasteiger partial charge in [-0.15, -0.1) is 0 Å². The third-order valence-electron chi connectivity index (χ3n) is 4.47. The highest BCUT2D eigenvalue weighted by atomic mass is 16.3. The van der Waals surface area contributed by atoms with Crippen molar-refractivity contribution in [3.63, 3.8) is 0 Å². The smallest absolute Gasteiger partial charge is 0.286 e. The van der Waals surface area contributed by atoms with Gasteiger partial charge in [-0.3, -0.25) is 9.59 Å². The van der Waals surface area contributed by atoms with E-state index >= 15 is 0 Å². The van der Waals surface area contributed by atoms with Crippen molar-refractivity contribution >= 4 is 11.8 Å². The normalized spacial score (nSPS) is 12.0. The van der Waals surface area contributed by atoms with E-state index in [1.165, 1.54) is 11.8 Å². The molecule has 27 heavy (non-hydrogen) atoms. The lowest BCUT2D eigenvalue weighted by atomic mass is 9.94. The van der Waals surface area contributed by atoms with Gasteiger partial charge in [0.1, 0.15) is 0 Å². The van der Waals surface area contributed by atoms with Gasteiger partial charge in [0.15, 0.2) is 5.76 Å². The van der Waals surface area contributed by atoms with E-state index in [0.717, 1.165) is 18.4 Å². The van der Waals surface area contributed by atoms with E-state index in [9.17, 15) is 9.59 Å². The van der Waals surface area contributed by atoms with Crippen molar-refractivity contribution in [1.82, 2.24) is 10.6 Å². The molecule has 2 rings (SSSR count). The molecule has 1 atom stereocenters. The lowest BCUT2D eigenvalue weighted by molar-refractivity contribution is -0.122. The molecule has 1 unspecified atom stereocenters. The highest BCUT2D eigenvalue weighted by molar-refractivity contribution is 5.91. The lowest BCUT2D eigenvalue weighted by Crippen LogP contribution is -2.32. The zero-order valence-electron chi connectivity index (χ0n) is 16.5. The maximum atomic E-state index is 12.3. The number of carbonyl (C=O) groups excluding carboxylic acids is 2. The third-order valence-corrected chi connectivity index (χ3v) is 4.47. The third kappa shape index (κ3) is 6.59. The van der Waals surface area contributed by atoms with Gasteiger partial charge in [0.2, 0.25) is 5.91 Å². The van der Waals surface area contributed by atoms with Crippen LogP contribution in [0.15, 0.2) is 47.1 Å². The van der Waals surface area contributed by atoms with Crippen LogP contribution in [0.5, 0.6) is 0 Å². The molecule has 1 aromatic heterocycles. The standard InChI is InChI=1S/C22H30N2O3/c1-4-7-17-10-12-18(13-11-17)21(16(2)3)24-20(25)9-5-14-23-22(26)19-8-6-15-27-19/h6,8,10-13,15-16,21H,4-5,7,9,14H2,1-3H3,(H,23,26)(H,24,25). The van der Waals surface area contributed by atoms with Crippen LogP contribution in [0.25, 0.3) is 0 Å². The average molecular weight is 370 g/mol. The van der Waals surface area contributed by atoms with Gasteiger partial charge < -0.3 is 15.1 Å². The molecule has 2 aromatic rings. The summed E-state index contributed by atoms with van der Waals surface area (Å²) in [7, 11) is 0. The maximum absolute atomic E-state index is 12.3. The van der Waals surface area contributed by atoms with Gasteiger partial charge in [-0.25, -0.2) is 0 Å². The first-order chi connectivity index (χ1) is 13.0. The molecule has 0 aliphatic rings. The van der Waals surface area contributed by atoms with Crippen LogP contribution in [-0.2, 0) is 11.2 Å². The number of carbonyl (C=O) groups is 2. The van der Waals surface area contributed by atoms with E-state index in [1.807, 2.05) is 0 Å². The van der Waals surface area contributed by atoms with Crippen LogP contribution in [0.1, 0.15) is 67.8 Å². The second kappa shape index (κ2) is 10.6. The molecule has 0 bridgehead atoms. The number of aryl methyl sites for hydroxylation is 1. The summed E-state index contributed by atoms with van der Waals surface area (Å²) in [6, 6.07) is 11.8. The summed E-state index contributed by atoms with van der Waals surface area (Å²) < 4.78 is 5.03. The number of rotatable bonds is 10. The molecule has 0 fully saturated rings. The van der Waals surface area contributed by atoms with Crippen LogP contribution in [0.2, 0.25) is 0 Å². The first-order valence-corrected chi connectivity index (χ1v) is 9.71. The highest BCUT2D eigenvalue weighted by Crippen LogP contribution is 2.22. The summed E-state index contributed by atoms with van der Waals surface area (Å²) in [5.41, 5.74) is 2.45. The fraction of sp³-hybridized carbons (Fsp3) is 0.455. The Labute approximate surface area is 161 Å². The molecule has 1 aromatic carbocycles. The molecule has 5 nitrogen and oxygen atoms in total. The first kappa shape index (κ1) is 20.7. The molecular formula is C22H30N2O3. The summed E-state index contributed by atoms with van der Waals surface area (Å²) in [5, 5.41) is 5.88. The van der Waals surface area contributed by atoms with Crippen LogP contribution in [-0.4, -0.2) is 18.4 Å². The van der Waals surface area contributed by atoms with Crippen LogP contribution >= 0.6 is 0 Å². The topological polar surface area (TPSA) is 71.3 Å². The van der Waals surface area contributed by atoms with E-state index in [0.29, 0.717) is 25.3 Å². The predicted octanol–water partition coefficient (Wildman–Crippen LogP) is 4.26. The monoisotopic (exact) mass is 370 g/mol. The fourth-order valence-corrected chi connectivity index (χ4v) is 3.01. The van der Waals surface area contributed by atoms with Gasteiger partial charge in [-0.05, 0) is 42.0 Å². The van der Waals surface area contributed by atoms with E-state index in [4.69, 9.17) is 4.42 Å². The lowest BCUT2D eigenvalue weighted by Gasteiger charge is -2.23. The number of hydrogen-bond acceptors (Lipinski definition) is 3. The Balaban J connectivity index is 1.79. The maximum Gasteiger partial charge on any atom is 0.286 e. The van der Waals surface area contributed by atoms with Gasteiger partial charge in [-0.2, -0.15) is 0 Å². The molecule has 0 aliphatic carbocycles. The summed E-state index contributed by atoms with van der Waals surface area (Å²) >= 11 is 0. The number of hydrogen-bond donors (Lipinski definition) is 2. The Kier molecular flexibility index (Phi) is 8.11. The van der Waals surface area contributed by atoms with Crippen molar-refractivity contribution in [3.8, 4) is 0 Å². The van der Waals surface area contributed by atoms with Gasteiger partial charge in [-0.1, -0.05) is 51.5 Å². The zero-order valence-corrected chi connectivity index (χ0v) is 16.5. The van der Waals surface area contributed by atoms with Gasteiger partial charge in [0.25, 0.3) is 5.91 Å². The Hall–Kier alpha value is -2.56. The Bertz CT molecular complexity index is 706. The quantitative estimate of drug-likeness (QED) is 0.614. The minimum atomic E-state index is -0.257. The highest BCUT2D eigenvalue weighted by Gasteiger charge is 2.18. The van der Waals surface area contributed by atoms with Crippen LogP contribution in [0.3, 0.4) is 0 Å². The molecule has 5 heteroatoms. The minimum absolute atomic E-state index is 0.00131. The van der Waals surface area contributed by atoms with E-state index in [1.54, 1.807) is 12.1 Å². The predicted molar refractivity (Wildman–Crippen MR) is 106 cm³/mol. The summed E-state index contributed by atoms with van der Waals surface area (Å²) in [6.07, 6.45) is 4.61. The van der Waals surface area contributed by atoms with Gasteiger partial charge >= 0.3 is 0 Å². The molecule has 0 saturated carbocycles. The molecule has 0 spiro atoms. The number of benzene rings is 1. The van der Waals surface area contributed by atoms with Crippen LogP contribution < -0.4 is 10.6 Å². The summed E-state index contributed by atoms with van der Waals surface area (Å²) in [5.74, 6) is 0.321. The SMILES string of the molecule is CCCc1ccc(C(NC(=O)CCCNC(=O)c2ccco2)C(C)C)cc1. The number of amides is 2. The fourth-order valence-electron chi connectivity index (χ4n) is 3.01. The molecule has 0 radical (unpaired) electrons. The first-order valence-electron chi connectivity index (χ1n) is 9.71. The van der Waals surface area contributed by atoms with Gasteiger partial charge in [0.05, 0.1) is 12.3 Å². The van der Waals surface area contributed by atoms with Crippen LogP contribution in [0, 0.1) is 5.92 Å². The molecule has 2 N–H and O–H groups in total. The van der Waals surface area contributed by atoms with E-state index < -0.39 is 0 Å².